The van der Waals surface area contributed by atoms with E-state index in [0.29, 0.717) is 19.8 Å². The van der Waals surface area contributed by atoms with Crippen molar-refractivity contribution in [3.8, 4) is 0 Å². The fourth-order valence-corrected chi connectivity index (χ4v) is 5.96. The summed E-state index contributed by atoms with van der Waals surface area (Å²) in [5, 5.41) is 0. The summed E-state index contributed by atoms with van der Waals surface area (Å²) < 4.78 is 25.8. The molecule has 0 saturated carbocycles. The lowest BCUT2D eigenvalue weighted by Gasteiger charge is -2.29. The average Bonchev–Trinajstić information content (AvgIpc) is 3.45. The fourth-order valence-electron chi connectivity index (χ4n) is 5.96. The largest absolute Gasteiger partial charge is 0.445 e. The van der Waals surface area contributed by atoms with E-state index in [2.05, 4.69) is 0 Å². The summed E-state index contributed by atoms with van der Waals surface area (Å²) in [4.78, 5) is 16.0. The topological polar surface area (TPSA) is 57.2 Å². The van der Waals surface area contributed by atoms with Crippen LogP contribution in [-0.2, 0) is 45.4 Å². The van der Waals surface area contributed by atoms with Crippen molar-refractivity contribution in [3.05, 3.63) is 186 Å². The van der Waals surface area contributed by atoms with E-state index in [-0.39, 0.29) is 13.2 Å². The summed E-state index contributed by atoms with van der Waals surface area (Å²) in [5.41, 5.74) is 5.04. The SMILES string of the molecule is O=C(OCc1ccccc1)N1[C@H](/C=C\c2ccccc2)[C@@H](OCc2ccccc2)[C@H](OCc2ccccc2)[C@@H]1COCc1ccccc1. The van der Waals surface area contributed by atoms with E-state index in [9.17, 15) is 4.79 Å². The summed E-state index contributed by atoms with van der Waals surface area (Å²) in [6, 6.07) is 48.9. The Balaban J connectivity index is 1.34. The number of hydrogen-bond acceptors (Lipinski definition) is 5. The summed E-state index contributed by atoms with van der Waals surface area (Å²) in [6.07, 6.45) is 2.59. The number of carbonyl (C=O) groups is 1. The van der Waals surface area contributed by atoms with Gasteiger partial charge in [-0.25, -0.2) is 4.79 Å². The third-order valence-electron chi connectivity index (χ3n) is 8.39. The molecule has 0 N–H and O–H groups in total. The second-order valence-electron chi connectivity index (χ2n) is 11.8. The summed E-state index contributed by atoms with van der Waals surface area (Å²) >= 11 is 0. The van der Waals surface area contributed by atoms with E-state index in [1.165, 1.54) is 0 Å². The van der Waals surface area contributed by atoms with Gasteiger partial charge in [-0.1, -0.05) is 164 Å². The first kappa shape index (κ1) is 32.9. The lowest BCUT2D eigenvalue weighted by Crippen LogP contribution is -2.46. The van der Waals surface area contributed by atoms with E-state index in [1.54, 1.807) is 4.90 Å². The Kier molecular flexibility index (Phi) is 11.8. The van der Waals surface area contributed by atoms with Crippen LogP contribution in [0, 0.1) is 0 Å². The van der Waals surface area contributed by atoms with E-state index in [4.69, 9.17) is 18.9 Å². The maximum Gasteiger partial charge on any atom is 0.411 e. The van der Waals surface area contributed by atoms with Crippen LogP contribution in [0.25, 0.3) is 6.08 Å². The third kappa shape index (κ3) is 9.07. The molecule has 0 radical (unpaired) electrons. The van der Waals surface area contributed by atoms with E-state index >= 15 is 0 Å². The van der Waals surface area contributed by atoms with Gasteiger partial charge in [-0.3, -0.25) is 4.90 Å². The smallest absolute Gasteiger partial charge is 0.411 e. The van der Waals surface area contributed by atoms with Crippen LogP contribution in [0.15, 0.2) is 158 Å². The van der Waals surface area contributed by atoms with Crippen molar-refractivity contribution in [2.75, 3.05) is 6.61 Å². The highest BCUT2D eigenvalue weighted by molar-refractivity contribution is 5.70. The summed E-state index contributed by atoms with van der Waals surface area (Å²) in [7, 11) is 0. The maximum atomic E-state index is 14.2. The Morgan fingerprint density at radius 2 is 0.979 bits per heavy atom. The van der Waals surface area contributed by atoms with Gasteiger partial charge < -0.3 is 18.9 Å². The molecule has 5 aromatic rings. The Morgan fingerprint density at radius 3 is 1.50 bits per heavy atom. The highest BCUT2D eigenvalue weighted by Gasteiger charge is 2.52. The minimum atomic E-state index is -0.514. The number of ether oxygens (including phenoxy) is 4. The van der Waals surface area contributed by atoms with Gasteiger partial charge in [0.2, 0.25) is 0 Å². The average molecular weight is 640 g/mol. The number of nitrogens with zero attached hydrogens (tertiary/aromatic N) is 1. The van der Waals surface area contributed by atoms with Crippen molar-refractivity contribution in [3.63, 3.8) is 0 Å². The molecule has 1 aliphatic rings. The molecule has 6 rings (SSSR count). The van der Waals surface area contributed by atoms with Crippen LogP contribution >= 0.6 is 0 Å². The second-order valence-corrected chi connectivity index (χ2v) is 11.8. The van der Waals surface area contributed by atoms with Crippen LogP contribution in [0.2, 0.25) is 0 Å². The number of rotatable bonds is 14. The summed E-state index contributed by atoms with van der Waals surface area (Å²) in [5.74, 6) is 0. The maximum absolute atomic E-state index is 14.2. The molecular weight excluding hydrogens is 598 g/mol. The molecule has 1 fully saturated rings. The quantitative estimate of drug-likeness (QED) is 0.122. The number of hydrogen-bond donors (Lipinski definition) is 0. The number of amides is 1. The van der Waals surface area contributed by atoms with E-state index in [0.717, 1.165) is 27.8 Å². The minimum absolute atomic E-state index is 0.147. The van der Waals surface area contributed by atoms with Crippen LogP contribution in [0.4, 0.5) is 4.79 Å². The molecule has 244 valence electrons. The molecule has 5 aromatic carbocycles. The number of likely N-dealkylation sites (tertiary alicyclic amines) is 1. The van der Waals surface area contributed by atoms with Gasteiger partial charge in [0.05, 0.1) is 38.5 Å². The highest BCUT2D eigenvalue weighted by Crippen LogP contribution is 2.34. The first-order valence-electron chi connectivity index (χ1n) is 16.4. The molecule has 0 spiro atoms. The zero-order chi connectivity index (χ0) is 32.8. The molecule has 6 nitrogen and oxygen atoms in total. The van der Waals surface area contributed by atoms with Gasteiger partial charge in [0.1, 0.15) is 18.8 Å². The zero-order valence-electron chi connectivity index (χ0n) is 26.9. The molecule has 0 aliphatic carbocycles. The molecule has 0 aromatic heterocycles. The van der Waals surface area contributed by atoms with Crippen molar-refractivity contribution in [2.24, 2.45) is 0 Å². The van der Waals surface area contributed by atoms with Crippen LogP contribution < -0.4 is 0 Å². The van der Waals surface area contributed by atoms with Crippen LogP contribution in [0.5, 0.6) is 0 Å². The first-order chi connectivity index (χ1) is 23.7. The minimum Gasteiger partial charge on any atom is -0.445 e. The first-order valence-corrected chi connectivity index (χ1v) is 16.4. The van der Waals surface area contributed by atoms with Crippen LogP contribution in [-0.4, -0.2) is 41.9 Å². The molecule has 1 heterocycles. The predicted octanol–water partition coefficient (Wildman–Crippen LogP) is 8.48. The Bertz CT molecular complexity index is 1680. The normalized spacial score (nSPS) is 19.0. The van der Waals surface area contributed by atoms with Crippen molar-refractivity contribution < 1.29 is 23.7 Å². The molecule has 0 bridgehead atoms. The Labute approximate surface area is 283 Å². The molecule has 1 amide bonds. The molecule has 48 heavy (non-hydrogen) atoms. The van der Waals surface area contributed by atoms with Crippen molar-refractivity contribution in [1.82, 2.24) is 4.90 Å². The van der Waals surface area contributed by atoms with E-state index < -0.39 is 30.4 Å². The van der Waals surface area contributed by atoms with Gasteiger partial charge in [0.25, 0.3) is 0 Å². The second kappa shape index (κ2) is 17.2. The van der Waals surface area contributed by atoms with E-state index in [1.807, 2.05) is 164 Å². The molecule has 1 saturated heterocycles. The van der Waals surface area contributed by atoms with Crippen LogP contribution in [0.3, 0.4) is 0 Å². The number of benzene rings is 5. The van der Waals surface area contributed by atoms with Gasteiger partial charge in [-0.2, -0.15) is 0 Å². The predicted molar refractivity (Wildman–Crippen MR) is 188 cm³/mol. The molecule has 6 heteroatoms. The molecule has 1 aliphatic heterocycles. The fraction of sp³-hybridized carbons (Fsp3) is 0.214. The van der Waals surface area contributed by atoms with Gasteiger partial charge in [0.15, 0.2) is 0 Å². The highest BCUT2D eigenvalue weighted by atomic mass is 16.6. The molecular formula is C42H41NO5. The standard InChI is InChI=1S/C42H41NO5/c44-42(48-31-37-24-14-5-15-25-37)43-38(27-26-33-16-6-1-7-17-33)40(46-29-35-20-10-3-11-21-35)41(47-30-36-22-12-4-13-23-36)39(43)32-45-28-34-18-8-2-9-19-34/h1-27,38-41H,28-32H2/b27-26-/t38-,39+,40-,41-/m1/s1. The van der Waals surface area contributed by atoms with Crippen molar-refractivity contribution in [2.45, 2.75) is 50.7 Å². The lowest BCUT2D eigenvalue weighted by atomic mass is 10.1. The lowest BCUT2D eigenvalue weighted by molar-refractivity contribution is -0.0841. The summed E-state index contributed by atoms with van der Waals surface area (Å²) in [6.45, 7) is 1.49. The van der Waals surface area contributed by atoms with Gasteiger partial charge in [-0.15, -0.1) is 0 Å². The van der Waals surface area contributed by atoms with Crippen molar-refractivity contribution >= 4 is 12.2 Å². The Morgan fingerprint density at radius 1 is 0.542 bits per heavy atom. The Hall–Kier alpha value is -5.01. The van der Waals surface area contributed by atoms with Gasteiger partial charge >= 0.3 is 6.09 Å². The van der Waals surface area contributed by atoms with Crippen molar-refractivity contribution in [1.29, 1.82) is 0 Å². The monoisotopic (exact) mass is 639 g/mol. The third-order valence-corrected chi connectivity index (χ3v) is 8.39. The zero-order valence-corrected chi connectivity index (χ0v) is 26.9. The van der Waals surface area contributed by atoms with Gasteiger partial charge in [-0.05, 0) is 27.8 Å². The number of carbonyl (C=O) groups excluding carboxylic acids is 1. The molecule has 0 unspecified atom stereocenters. The van der Waals surface area contributed by atoms with Crippen LogP contribution in [0.1, 0.15) is 27.8 Å². The molecule has 4 atom stereocenters. The van der Waals surface area contributed by atoms with Gasteiger partial charge in [0, 0.05) is 0 Å².